The molecular formula is C11H11BrClN3S. The Morgan fingerprint density at radius 2 is 2.35 bits per heavy atom. The molecule has 90 valence electrons. The zero-order valence-corrected chi connectivity index (χ0v) is 12.0. The van der Waals surface area contributed by atoms with Crippen molar-refractivity contribution in [2.75, 3.05) is 0 Å². The first-order valence-corrected chi connectivity index (χ1v) is 7.05. The minimum Gasteiger partial charge on any atom is -0.271 e. The quantitative estimate of drug-likeness (QED) is 0.667. The molecule has 3 nitrogen and oxygen atoms in total. The van der Waals surface area contributed by atoms with Gasteiger partial charge in [-0.15, -0.1) is 11.3 Å². The smallest absolute Gasteiger partial charge is 0.0944 e. The summed E-state index contributed by atoms with van der Waals surface area (Å²) in [6.07, 6.45) is 2.55. The third-order valence-electron chi connectivity index (χ3n) is 2.40. The number of benzene rings is 1. The maximum atomic E-state index is 5.92. The van der Waals surface area contributed by atoms with Crippen LogP contribution in [-0.4, -0.2) is 4.98 Å². The van der Waals surface area contributed by atoms with Crippen molar-refractivity contribution >= 4 is 38.9 Å². The number of hydrazine groups is 1. The summed E-state index contributed by atoms with van der Waals surface area (Å²) in [5, 5.41) is 3.71. The molecule has 17 heavy (non-hydrogen) atoms. The van der Waals surface area contributed by atoms with Crippen molar-refractivity contribution in [3.05, 3.63) is 49.8 Å². The normalized spacial score (nSPS) is 12.6. The number of nitrogens with two attached hydrogens (primary N) is 1. The summed E-state index contributed by atoms with van der Waals surface area (Å²) in [4.78, 5) is 4.26. The molecule has 1 aromatic carbocycles. The van der Waals surface area contributed by atoms with E-state index >= 15 is 0 Å². The van der Waals surface area contributed by atoms with Gasteiger partial charge in [-0.1, -0.05) is 33.6 Å². The Morgan fingerprint density at radius 3 is 2.94 bits per heavy atom. The van der Waals surface area contributed by atoms with Gasteiger partial charge in [-0.2, -0.15) is 0 Å². The molecule has 1 aromatic heterocycles. The first-order chi connectivity index (χ1) is 8.20. The Kier molecular flexibility index (Phi) is 4.53. The second kappa shape index (κ2) is 5.93. The van der Waals surface area contributed by atoms with Crippen LogP contribution in [0.1, 0.15) is 16.6 Å². The molecule has 0 aliphatic carbocycles. The number of hydrogen-bond donors (Lipinski definition) is 2. The molecule has 1 atom stereocenters. The minimum absolute atomic E-state index is 0.0211. The van der Waals surface area contributed by atoms with E-state index in [0.717, 1.165) is 21.5 Å². The molecule has 0 saturated heterocycles. The van der Waals surface area contributed by atoms with E-state index in [2.05, 4.69) is 26.3 Å². The Balaban J connectivity index is 2.23. The van der Waals surface area contributed by atoms with Gasteiger partial charge in [-0.3, -0.25) is 11.3 Å². The fourth-order valence-corrected chi connectivity index (χ4v) is 3.19. The molecule has 0 fully saturated rings. The van der Waals surface area contributed by atoms with E-state index in [-0.39, 0.29) is 6.04 Å². The minimum atomic E-state index is 0.0211. The van der Waals surface area contributed by atoms with Crippen LogP contribution in [0.25, 0.3) is 0 Å². The predicted molar refractivity (Wildman–Crippen MR) is 75.0 cm³/mol. The molecule has 6 heteroatoms. The third-order valence-corrected chi connectivity index (χ3v) is 4.13. The molecule has 3 N–H and O–H groups in total. The molecule has 0 aliphatic rings. The Morgan fingerprint density at radius 1 is 1.53 bits per heavy atom. The Labute approximate surface area is 117 Å². The zero-order chi connectivity index (χ0) is 12.3. The van der Waals surface area contributed by atoms with Crippen molar-refractivity contribution in [1.82, 2.24) is 10.4 Å². The molecule has 0 radical (unpaired) electrons. The first-order valence-electron chi connectivity index (χ1n) is 5.00. The molecule has 0 amide bonds. The molecule has 2 aromatic rings. The molecule has 2 rings (SSSR count). The molecule has 1 unspecified atom stereocenters. The van der Waals surface area contributed by atoms with Crippen LogP contribution in [0.4, 0.5) is 0 Å². The fourth-order valence-electron chi connectivity index (χ4n) is 1.57. The Bertz CT molecular complexity index is 489. The maximum absolute atomic E-state index is 5.92. The summed E-state index contributed by atoms with van der Waals surface area (Å²) in [5.41, 5.74) is 3.89. The number of nitrogens with zero attached hydrogens (tertiary/aromatic N) is 1. The van der Waals surface area contributed by atoms with Gasteiger partial charge < -0.3 is 0 Å². The lowest BCUT2D eigenvalue weighted by molar-refractivity contribution is 0.549. The molecule has 0 bridgehead atoms. The van der Waals surface area contributed by atoms with E-state index in [9.17, 15) is 0 Å². The highest BCUT2D eigenvalue weighted by Crippen LogP contribution is 2.28. The number of thiazole rings is 1. The standard InChI is InChI=1S/C11H11BrClN3S/c12-9-5-7(13)1-2-8(9)10(16-14)6-11-15-3-4-17-11/h1-5,10,16H,6,14H2. The topological polar surface area (TPSA) is 50.9 Å². The lowest BCUT2D eigenvalue weighted by atomic mass is 10.1. The fraction of sp³-hybridized carbons (Fsp3) is 0.182. The summed E-state index contributed by atoms with van der Waals surface area (Å²) in [6.45, 7) is 0. The third kappa shape index (κ3) is 3.26. The van der Waals surface area contributed by atoms with Crippen LogP contribution < -0.4 is 11.3 Å². The average molecular weight is 333 g/mol. The van der Waals surface area contributed by atoms with E-state index < -0.39 is 0 Å². The number of rotatable bonds is 4. The molecular weight excluding hydrogens is 322 g/mol. The summed E-state index contributed by atoms with van der Waals surface area (Å²) >= 11 is 11.0. The number of nitrogens with one attached hydrogen (secondary N) is 1. The zero-order valence-electron chi connectivity index (χ0n) is 8.86. The van der Waals surface area contributed by atoms with Crippen molar-refractivity contribution in [2.24, 2.45) is 5.84 Å². The van der Waals surface area contributed by atoms with E-state index in [4.69, 9.17) is 17.4 Å². The van der Waals surface area contributed by atoms with Gasteiger partial charge in [0.2, 0.25) is 0 Å². The highest BCUT2D eigenvalue weighted by molar-refractivity contribution is 9.10. The van der Waals surface area contributed by atoms with E-state index in [1.54, 1.807) is 17.5 Å². The van der Waals surface area contributed by atoms with Crippen LogP contribution in [0.15, 0.2) is 34.2 Å². The van der Waals surface area contributed by atoms with Gasteiger partial charge in [-0.25, -0.2) is 4.98 Å². The number of hydrogen-bond acceptors (Lipinski definition) is 4. The van der Waals surface area contributed by atoms with Gasteiger partial charge in [-0.05, 0) is 17.7 Å². The molecule has 0 aliphatic heterocycles. The van der Waals surface area contributed by atoms with Gasteiger partial charge in [0.25, 0.3) is 0 Å². The second-order valence-corrected chi connectivity index (χ2v) is 5.78. The molecule has 1 heterocycles. The van der Waals surface area contributed by atoms with Gasteiger partial charge in [0.1, 0.15) is 0 Å². The number of aromatic nitrogens is 1. The van der Waals surface area contributed by atoms with Gasteiger partial charge in [0, 0.05) is 27.5 Å². The van der Waals surface area contributed by atoms with Crippen LogP contribution >= 0.6 is 38.9 Å². The van der Waals surface area contributed by atoms with Gasteiger partial charge in [0.05, 0.1) is 11.0 Å². The Hall–Kier alpha value is -0.460. The summed E-state index contributed by atoms with van der Waals surface area (Å²) in [5.74, 6) is 5.60. The monoisotopic (exact) mass is 331 g/mol. The summed E-state index contributed by atoms with van der Waals surface area (Å²) < 4.78 is 0.949. The van der Waals surface area contributed by atoms with Crippen molar-refractivity contribution in [3.63, 3.8) is 0 Å². The van der Waals surface area contributed by atoms with E-state index in [1.165, 1.54) is 0 Å². The van der Waals surface area contributed by atoms with Crippen molar-refractivity contribution in [2.45, 2.75) is 12.5 Å². The lowest BCUT2D eigenvalue weighted by Crippen LogP contribution is -2.29. The highest BCUT2D eigenvalue weighted by Gasteiger charge is 2.15. The second-order valence-electron chi connectivity index (χ2n) is 3.52. The van der Waals surface area contributed by atoms with Crippen LogP contribution in [0.5, 0.6) is 0 Å². The van der Waals surface area contributed by atoms with Crippen LogP contribution in [0, 0.1) is 0 Å². The predicted octanol–water partition coefficient (Wildman–Crippen LogP) is 3.31. The number of halogens is 2. The van der Waals surface area contributed by atoms with Gasteiger partial charge in [0.15, 0.2) is 0 Å². The van der Waals surface area contributed by atoms with E-state index in [0.29, 0.717) is 5.02 Å². The highest BCUT2D eigenvalue weighted by atomic mass is 79.9. The SMILES string of the molecule is NNC(Cc1nccs1)c1ccc(Cl)cc1Br. The van der Waals surface area contributed by atoms with Crippen molar-refractivity contribution in [3.8, 4) is 0 Å². The van der Waals surface area contributed by atoms with Crippen molar-refractivity contribution < 1.29 is 0 Å². The van der Waals surface area contributed by atoms with Crippen molar-refractivity contribution in [1.29, 1.82) is 0 Å². The first kappa shape index (κ1) is 13.0. The van der Waals surface area contributed by atoms with Gasteiger partial charge >= 0.3 is 0 Å². The summed E-state index contributed by atoms with van der Waals surface area (Å²) in [6, 6.07) is 5.70. The molecule has 0 saturated carbocycles. The van der Waals surface area contributed by atoms with Crippen LogP contribution in [-0.2, 0) is 6.42 Å². The molecule has 0 spiro atoms. The lowest BCUT2D eigenvalue weighted by Gasteiger charge is -2.16. The van der Waals surface area contributed by atoms with Crippen LogP contribution in [0.3, 0.4) is 0 Å². The van der Waals surface area contributed by atoms with Crippen LogP contribution in [0.2, 0.25) is 5.02 Å². The average Bonchev–Trinajstić information content (AvgIpc) is 2.79. The van der Waals surface area contributed by atoms with E-state index in [1.807, 2.05) is 23.6 Å². The largest absolute Gasteiger partial charge is 0.271 e. The summed E-state index contributed by atoms with van der Waals surface area (Å²) in [7, 11) is 0. The maximum Gasteiger partial charge on any atom is 0.0944 e.